The van der Waals surface area contributed by atoms with Gasteiger partial charge in [-0.1, -0.05) is 0 Å². The van der Waals surface area contributed by atoms with Gasteiger partial charge in [0.15, 0.2) is 0 Å². The molecule has 1 saturated heterocycles. The van der Waals surface area contributed by atoms with Gasteiger partial charge >= 0.3 is 0 Å². The van der Waals surface area contributed by atoms with Crippen LogP contribution in [0.1, 0.15) is 43.9 Å². The van der Waals surface area contributed by atoms with Gasteiger partial charge in [-0.2, -0.15) is 0 Å². The number of ether oxygens (including phenoxy) is 1. The molecule has 1 fully saturated rings. The zero-order valence-corrected chi connectivity index (χ0v) is 11.4. The van der Waals surface area contributed by atoms with Crippen LogP contribution in [0.5, 0.6) is 0 Å². The van der Waals surface area contributed by atoms with Crippen LogP contribution in [0.3, 0.4) is 0 Å². The maximum absolute atomic E-state index is 10.9. The molecular weight excluding hydrogens is 220 g/mol. The number of hydrogen-bond donors (Lipinski definition) is 1. The lowest BCUT2D eigenvalue weighted by molar-refractivity contribution is -0.128. The molecule has 0 radical (unpaired) electrons. The van der Waals surface area contributed by atoms with Crippen molar-refractivity contribution in [3.63, 3.8) is 0 Å². The van der Waals surface area contributed by atoms with Crippen LogP contribution in [0.4, 0.5) is 0 Å². The first kappa shape index (κ1) is 12.1. The first-order chi connectivity index (χ1) is 7.16. The Kier molecular flexibility index (Phi) is 2.50. The Balaban J connectivity index is 2.45. The average Bonchev–Trinajstić information content (AvgIpc) is 2.53. The lowest BCUT2D eigenvalue weighted by atomic mass is 9.81. The van der Waals surface area contributed by atoms with E-state index in [9.17, 15) is 5.11 Å². The quantitative estimate of drug-likeness (QED) is 0.816. The van der Waals surface area contributed by atoms with E-state index < -0.39 is 11.2 Å². The zero-order valence-electron chi connectivity index (χ0n) is 10.6. The fraction of sp³-hybridized carbons (Fsp3) is 0.692. The van der Waals surface area contributed by atoms with Crippen LogP contribution in [0, 0.1) is 6.92 Å². The van der Waals surface area contributed by atoms with Gasteiger partial charge in [-0.3, -0.25) is 0 Å². The standard InChI is InChI=1S/C13H20O2S/c1-9-6-7-10(16-9)13(14)8-11(2,3)15-12(13,4)5/h6-7,14H,8H2,1-5H3. The van der Waals surface area contributed by atoms with E-state index in [2.05, 4.69) is 13.0 Å². The highest BCUT2D eigenvalue weighted by molar-refractivity contribution is 7.12. The van der Waals surface area contributed by atoms with Gasteiger partial charge in [-0.15, -0.1) is 11.3 Å². The molecular formula is C13H20O2S. The monoisotopic (exact) mass is 240 g/mol. The Morgan fingerprint density at radius 1 is 1.25 bits per heavy atom. The van der Waals surface area contributed by atoms with Crippen LogP contribution in [0.25, 0.3) is 0 Å². The van der Waals surface area contributed by atoms with Crippen LogP contribution in [-0.2, 0) is 10.3 Å². The molecule has 1 unspecified atom stereocenters. The fourth-order valence-corrected chi connectivity index (χ4v) is 3.79. The summed E-state index contributed by atoms with van der Waals surface area (Å²) >= 11 is 1.66. The molecule has 1 aromatic rings. The minimum absolute atomic E-state index is 0.268. The van der Waals surface area contributed by atoms with Crippen molar-refractivity contribution in [1.82, 2.24) is 0 Å². The molecule has 16 heavy (non-hydrogen) atoms. The van der Waals surface area contributed by atoms with Gasteiger partial charge < -0.3 is 9.84 Å². The second-order valence-corrected chi connectivity index (χ2v) is 7.11. The highest BCUT2D eigenvalue weighted by Gasteiger charge is 2.57. The highest BCUT2D eigenvalue weighted by atomic mass is 32.1. The summed E-state index contributed by atoms with van der Waals surface area (Å²) in [7, 11) is 0. The third-order valence-corrected chi connectivity index (χ3v) is 4.51. The second kappa shape index (κ2) is 3.31. The van der Waals surface area contributed by atoms with E-state index in [0.717, 1.165) is 4.88 Å². The third-order valence-electron chi connectivity index (χ3n) is 3.36. The van der Waals surface area contributed by atoms with Gasteiger partial charge in [0.25, 0.3) is 0 Å². The Bertz CT molecular complexity index is 406. The molecule has 1 atom stereocenters. The lowest BCUT2D eigenvalue weighted by Crippen LogP contribution is -2.42. The zero-order chi connectivity index (χ0) is 12.2. The van der Waals surface area contributed by atoms with Crippen molar-refractivity contribution in [2.45, 2.75) is 57.8 Å². The largest absolute Gasteiger partial charge is 0.381 e. The molecule has 1 N–H and O–H groups in total. The van der Waals surface area contributed by atoms with Crippen LogP contribution in [0.15, 0.2) is 12.1 Å². The summed E-state index contributed by atoms with van der Waals surface area (Å²) in [6.45, 7) is 10.1. The van der Waals surface area contributed by atoms with E-state index in [1.54, 1.807) is 11.3 Å². The lowest BCUT2D eigenvalue weighted by Gasteiger charge is -2.34. The molecule has 0 aliphatic carbocycles. The van der Waals surface area contributed by atoms with Gasteiger partial charge in [0.1, 0.15) is 5.60 Å². The first-order valence-corrected chi connectivity index (χ1v) is 6.47. The molecule has 0 spiro atoms. The van der Waals surface area contributed by atoms with Crippen molar-refractivity contribution < 1.29 is 9.84 Å². The van der Waals surface area contributed by atoms with E-state index in [0.29, 0.717) is 6.42 Å². The summed E-state index contributed by atoms with van der Waals surface area (Å²) in [6, 6.07) is 4.08. The number of aliphatic hydroxyl groups is 1. The molecule has 0 amide bonds. The number of aryl methyl sites for hydroxylation is 1. The summed E-state index contributed by atoms with van der Waals surface area (Å²) in [4.78, 5) is 2.24. The Morgan fingerprint density at radius 3 is 2.25 bits per heavy atom. The predicted octanol–water partition coefficient (Wildman–Crippen LogP) is 3.22. The van der Waals surface area contributed by atoms with Crippen molar-refractivity contribution in [3.8, 4) is 0 Å². The minimum atomic E-state index is -0.866. The van der Waals surface area contributed by atoms with E-state index in [1.165, 1.54) is 4.88 Å². The van der Waals surface area contributed by atoms with Crippen LogP contribution < -0.4 is 0 Å². The Morgan fingerprint density at radius 2 is 1.88 bits per heavy atom. The normalized spacial score (nSPS) is 31.9. The van der Waals surface area contributed by atoms with Gasteiger partial charge in [0.05, 0.1) is 11.2 Å². The summed E-state index contributed by atoms with van der Waals surface area (Å²) in [5.74, 6) is 0. The van der Waals surface area contributed by atoms with Crippen LogP contribution >= 0.6 is 11.3 Å². The van der Waals surface area contributed by atoms with E-state index >= 15 is 0 Å². The molecule has 2 rings (SSSR count). The maximum atomic E-state index is 10.9. The van der Waals surface area contributed by atoms with Crippen molar-refractivity contribution in [3.05, 3.63) is 21.9 Å². The minimum Gasteiger partial charge on any atom is -0.381 e. The van der Waals surface area contributed by atoms with Crippen molar-refractivity contribution in [2.24, 2.45) is 0 Å². The molecule has 0 aromatic carbocycles. The molecule has 1 aliphatic heterocycles. The SMILES string of the molecule is Cc1ccc(C2(O)CC(C)(C)OC2(C)C)s1. The Labute approximate surface area is 101 Å². The second-order valence-electron chi connectivity index (χ2n) is 5.82. The molecule has 1 aromatic heterocycles. The van der Waals surface area contributed by atoms with Gasteiger partial charge in [-0.25, -0.2) is 0 Å². The summed E-state index contributed by atoms with van der Waals surface area (Å²) in [5, 5.41) is 10.9. The Hall–Kier alpha value is -0.380. The summed E-state index contributed by atoms with van der Waals surface area (Å²) in [5.41, 5.74) is -1.67. The maximum Gasteiger partial charge on any atom is 0.130 e. The van der Waals surface area contributed by atoms with Crippen LogP contribution in [0.2, 0.25) is 0 Å². The number of rotatable bonds is 1. The van der Waals surface area contributed by atoms with Gasteiger partial charge in [0, 0.05) is 16.2 Å². The van der Waals surface area contributed by atoms with E-state index in [-0.39, 0.29) is 5.60 Å². The number of thiophene rings is 1. The topological polar surface area (TPSA) is 29.5 Å². The van der Waals surface area contributed by atoms with Crippen molar-refractivity contribution in [1.29, 1.82) is 0 Å². The highest BCUT2D eigenvalue weighted by Crippen LogP contribution is 2.52. The summed E-state index contributed by atoms with van der Waals surface area (Å²) in [6.07, 6.45) is 0.646. The molecule has 0 bridgehead atoms. The molecule has 90 valence electrons. The molecule has 2 nitrogen and oxygen atoms in total. The average molecular weight is 240 g/mol. The van der Waals surface area contributed by atoms with Gasteiger partial charge in [0.2, 0.25) is 0 Å². The van der Waals surface area contributed by atoms with Crippen LogP contribution in [-0.4, -0.2) is 16.3 Å². The van der Waals surface area contributed by atoms with Crippen molar-refractivity contribution >= 4 is 11.3 Å². The van der Waals surface area contributed by atoms with Crippen molar-refractivity contribution in [2.75, 3.05) is 0 Å². The molecule has 2 heterocycles. The summed E-state index contributed by atoms with van der Waals surface area (Å²) < 4.78 is 5.97. The van der Waals surface area contributed by atoms with Gasteiger partial charge in [-0.05, 0) is 46.8 Å². The number of hydrogen-bond acceptors (Lipinski definition) is 3. The smallest absolute Gasteiger partial charge is 0.130 e. The first-order valence-electron chi connectivity index (χ1n) is 5.66. The molecule has 0 saturated carbocycles. The van der Waals surface area contributed by atoms with E-state index in [1.807, 2.05) is 33.8 Å². The third kappa shape index (κ3) is 1.71. The molecule has 3 heteroatoms. The predicted molar refractivity (Wildman–Crippen MR) is 66.8 cm³/mol. The van der Waals surface area contributed by atoms with E-state index in [4.69, 9.17) is 4.74 Å². The fourth-order valence-electron chi connectivity index (χ4n) is 2.68. The molecule has 1 aliphatic rings.